The Morgan fingerprint density at radius 3 is 2.54 bits per heavy atom. The molecule has 0 radical (unpaired) electrons. The van der Waals surface area contributed by atoms with Gasteiger partial charge in [-0.25, -0.2) is 0 Å². The molecule has 0 heterocycles. The summed E-state index contributed by atoms with van der Waals surface area (Å²) in [6, 6.07) is 10.3. The predicted molar refractivity (Wildman–Crippen MR) is 107 cm³/mol. The fraction of sp³-hybridized carbons (Fsp3) is 0.375. The SMILES string of the molecule is C=C1C(C(C)=O)=C(c2ccccc2)C=C2C=C(N(C)C)[C@H]3CCCC[C@@]123. The van der Waals surface area contributed by atoms with E-state index in [4.69, 9.17) is 0 Å². The number of ketones is 1. The average molecular weight is 345 g/mol. The summed E-state index contributed by atoms with van der Waals surface area (Å²) in [6.45, 7) is 6.22. The molecule has 3 aliphatic carbocycles. The van der Waals surface area contributed by atoms with Crippen molar-refractivity contribution in [2.45, 2.75) is 32.6 Å². The van der Waals surface area contributed by atoms with E-state index < -0.39 is 0 Å². The lowest BCUT2D eigenvalue weighted by molar-refractivity contribution is -0.113. The van der Waals surface area contributed by atoms with E-state index in [1.165, 1.54) is 30.5 Å². The van der Waals surface area contributed by atoms with Gasteiger partial charge in [-0.1, -0.05) is 49.8 Å². The van der Waals surface area contributed by atoms with Crippen LogP contribution in [-0.4, -0.2) is 24.8 Å². The molecule has 1 aromatic carbocycles. The number of hydrogen-bond acceptors (Lipinski definition) is 2. The minimum Gasteiger partial charge on any atom is -0.381 e. The molecular weight excluding hydrogens is 318 g/mol. The fourth-order valence-electron chi connectivity index (χ4n) is 5.31. The van der Waals surface area contributed by atoms with Crippen molar-refractivity contribution in [2.75, 3.05) is 14.1 Å². The highest BCUT2D eigenvalue weighted by Gasteiger charge is 2.53. The van der Waals surface area contributed by atoms with Gasteiger partial charge in [0.15, 0.2) is 5.78 Å². The number of nitrogens with zero attached hydrogens (tertiary/aromatic N) is 1. The molecule has 1 fully saturated rings. The summed E-state index contributed by atoms with van der Waals surface area (Å²) in [6.07, 6.45) is 9.36. The Bertz CT molecular complexity index is 869. The third kappa shape index (κ3) is 2.28. The molecule has 1 spiro atoms. The molecule has 2 heteroatoms. The highest BCUT2D eigenvalue weighted by atomic mass is 16.1. The number of allylic oxidation sites excluding steroid dienone is 7. The zero-order valence-corrected chi connectivity index (χ0v) is 16.0. The van der Waals surface area contributed by atoms with E-state index >= 15 is 0 Å². The van der Waals surface area contributed by atoms with Crippen molar-refractivity contribution in [3.05, 3.63) is 77.0 Å². The van der Waals surface area contributed by atoms with Crippen molar-refractivity contribution in [3.8, 4) is 0 Å². The zero-order valence-electron chi connectivity index (χ0n) is 16.0. The second-order valence-corrected chi connectivity index (χ2v) is 8.02. The average Bonchev–Trinajstić information content (AvgIpc) is 2.98. The molecule has 0 saturated heterocycles. The Morgan fingerprint density at radius 1 is 1.15 bits per heavy atom. The van der Waals surface area contributed by atoms with Crippen LogP contribution in [0.4, 0.5) is 0 Å². The van der Waals surface area contributed by atoms with E-state index in [1.54, 1.807) is 6.92 Å². The van der Waals surface area contributed by atoms with Crippen molar-refractivity contribution >= 4 is 11.4 Å². The number of hydrogen-bond donors (Lipinski definition) is 0. The van der Waals surface area contributed by atoms with Crippen molar-refractivity contribution in [1.82, 2.24) is 4.90 Å². The quantitative estimate of drug-likeness (QED) is 0.754. The first-order valence-electron chi connectivity index (χ1n) is 9.58. The molecule has 26 heavy (non-hydrogen) atoms. The van der Waals surface area contributed by atoms with Gasteiger partial charge in [-0.15, -0.1) is 0 Å². The van der Waals surface area contributed by atoms with Gasteiger partial charge in [-0.05, 0) is 54.2 Å². The lowest BCUT2D eigenvalue weighted by Crippen LogP contribution is -2.39. The predicted octanol–water partition coefficient (Wildman–Crippen LogP) is 5.16. The first-order valence-corrected chi connectivity index (χ1v) is 9.58. The Morgan fingerprint density at radius 2 is 1.88 bits per heavy atom. The van der Waals surface area contributed by atoms with Gasteiger partial charge >= 0.3 is 0 Å². The Labute approximate surface area is 156 Å². The van der Waals surface area contributed by atoms with E-state index in [1.807, 2.05) is 18.2 Å². The van der Waals surface area contributed by atoms with Gasteiger partial charge in [0.1, 0.15) is 0 Å². The molecule has 2 nitrogen and oxygen atoms in total. The van der Waals surface area contributed by atoms with Crippen LogP contribution in [0.1, 0.15) is 38.2 Å². The molecule has 0 bridgehead atoms. The molecule has 0 amide bonds. The first kappa shape index (κ1) is 17.1. The summed E-state index contributed by atoms with van der Waals surface area (Å²) in [4.78, 5) is 14.9. The number of Topliss-reactive ketones (excluding diaryl/α,β-unsaturated/α-hetero) is 1. The monoisotopic (exact) mass is 345 g/mol. The van der Waals surface area contributed by atoms with Gasteiger partial charge in [0.2, 0.25) is 0 Å². The van der Waals surface area contributed by atoms with Crippen LogP contribution in [0.5, 0.6) is 0 Å². The van der Waals surface area contributed by atoms with Crippen molar-refractivity contribution in [3.63, 3.8) is 0 Å². The standard InChI is InChI=1S/C24H27NO/c1-16-23(17(2)26)20(18-10-6-5-7-11-18)14-19-15-22(25(3)4)21-12-8-9-13-24(16,19)21/h5-7,10-11,14-15,21H,1,8-9,12-13H2,2-4H3/t21-,24-/m1/s1. The van der Waals surface area contributed by atoms with Crippen molar-refractivity contribution < 1.29 is 4.79 Å². The van der Waals surface area contributed by atoms with Gasteiger partial charge in [-0.2, -0.15) is 0 Å². The summed E-state index contributed by atoms with van der Waals surface area (Å²) in [5.41, 5.74) is 6.65. The maximum absolute atomic E-state index is 12.7. The van der Waals surface area contributed by atoms with E-state index in [2.05, 4.69) is 49.9 Å². The molecule has 1 aromatic rings. The van der Waals surface area contributed by atoms with Gasteiger partial charge < -0.3 is 4.90 Å². The maximum Gasteiger partial charge on any atom is 0.160 e. The minimum absolute atomic E-state index is 0.0862. The molecule has 0 unspecified atom stereocenters. The Kier molecular flexibility index (Phi) is 4.02. The lowest BCUT2D eigenvalue weighted by Gasteiger charge is -2.46. The Balaban J connectivity index is 1.96. The lowest BCUT2D eigenvalue weighted by atomic mass is 9.57. The smallest absolute Gasteiger partial charge is 0.160 e. The number of rotatable bonds is 3. The van der Waals surface area contributed by atoms with Crippen LogP contribution in [0, 0.1) is 11.3 Å². The molecule has 0 N–H and O–H groups in total. The third-order valence-corrected chi connectivity index (χ3v) is 6.45. The molecule has 4 rings (SSSR count). The highest BCUT2D eigenvalue weighted by Crippen LogP contribution is 2.63. The van der Waals surface area contributed by atoms with Crippen LogP contribution >= 0.6 is 0 Å². The van der Waals surface area contributed by atoms with Gasteiger partial charge in [0.25, 0.3) is 0 Å². The van der Waals surface area contributed by atoms with Crippen LogP contribution < -0.4 is 0 Å². The fourth-order valence-corrected chi connectivity index (χ4v) is 5.31. The van der Waals surface area contributed by atoms with Gasteiger partial charge in [-0.3, -0.25) is 4.79 Å². The van der Waals surface area contributed by atoms with Crippen LogP contribution in [-0.2, 0) is 4.79 Å². The second-order valence-electron chi connectivity index (χ2n) is 8.02. The summed E-state index contributed by atoms with van der Waals surface area (Å²) in [5, 5.41) is 0. The molecule has 0 aliphatic heterocycles. The molecule has 0 aromatic heterocycles. The van der Waals surface area contributed by atoms with Crippen LogP contribution in [0.15, 0.2) is 71.5 Å². The topological polar surface area (TPSA) is 20.3 Å². The van der Waals surface area contributed by atoms with Crippen molar-refractivity contribution in [1.29, 1.82) is 0 Å². The van der Waals surface area contributed by atoms with Crippen molar-refractivity contribution in [2.24, 2.45) is 11.3 Å². The van der Waals surface area contributed by atoms with E-state index in [-0.39, 0.29) is 11.2 Å². The van der Waals surface area contributed by atoms with E-state index in [0.29, 0.717) is 5.92 Å². The molecule has 1 saturated carbocycles. The molecule has 2 atom stereocenters. The maximum atomic E-state index is 12.7. The first-order chi connectivity index (χ1) is 12.5. The zero-order chi connectivity index (χ0) is 18.5. The summed E-state index contributed by atoms with van der Waals surface area (Å²) in [5.74, 6) is 0.567. The van der Waals surface area contributed by atoms with E-state index in [9.17, 15) is 4.79 Å². The third-order valence-electron chi connectivity index (χ3n) is 6.45. The summed E-state index contributed by atoms with van der Waals surface area (Å²) in [7, 11) is 4.26. The largest absolute Gasteiger partial charge is 0.381 e. The van der Waals surface area contributed by atoms with Crippen LogP contribution in [0.25, 0.3) is 5.57 Å². The second kappa shape index (κ2) is 6.12. The summed E-state index contributed by atoms with van der Waals surface area (Å²) >= 11 is 0. The highest BCUT2D eigenvalue weighted by molar-refractivity contribution is 6.09. The molecule has 3 aliphatic rings. The minimum atomic E-state index is -0.0862. The Hall–Kier alpha value is -2.35. The van der Waals surface area contributed by atoms with Crippen LogP contribution in [0.2, 0.25) is 0 Å². The molecular formula is C24H27NO. The van der Waals surface area contributed by atoms with Crippen LogP contribution in [0.3, 0.4) is 0 Å². The number of carbonyl (C=O) groups is 1. The van der Waals surface area contributed by atoms with Gasteiger partial charge in [0, 0.05) is 36.7 Å². The number of benzene rings is 1. The number of carbonyl (C=O) groups excluding carboxylic acids is 1. The normalized spacial score (nSPS) is 27.5. The van der Waals surface area contributed by atoms with E-state index in [0.717, 1.165) is 28.7 Å². The molecule has 134 valence electrons. The summed E-state index contributed by atoms with van der Waals surface area (Å²) < 4.78 is 0. The van der Waals surface area contributed by atoms with Gasteiger partial charge in [0.05, 0.1) is 0 Å².